The Morgan fingerprint density at radius 1 is 1.06 bits per heavy atom. The predicted molar refractivity (Wildman–Crippen MR) is 83.2 cm³/mol. The molecule has 18 heavy (non-hydrogen) atoms. The van der Waals surface area contributed by atoms with Crippen LogP contribution in [0.1, 0.15) is 24.0 Å². The third-order valence-electron chi connectivity index (χ3n) is 2.84. The van der Waals surface area contributed by atoms with E-state index in [1.54, 1.807) is 0 Å². The fourth-order valence-electron chi connectivity index (χ4n) is 1.78. The van der Waals surface area contributed by atoms with Crippen LogP contribution in [0.5, 0.6) is 0 Å². The van der Waals surface area contributed by atoms with Crippen molar-refractivity contribution in [1.29, 1.82) is 0 Å². The van der Waals surface area contributed by atoms with Crippen LogP contribution in [0.25, 0.3) is 4.48 Å². The van der Waals surface area contributed by atoms with Crippen molar-refractivity contribution >= 4 is 32.0 Å². The summed E-state index contributed by atoms with van der Waals surface area (Å²) in [5, 5.41) is 0.759. The standard InChI is InChI=1S/C16H14BrCl/c1-12(13-5-3-2-4-6-13)11-16(17)14-7-9-15(18)10-8-14/h2-12H,1H3/b16-11-. The third kappa shape index (κ3) is 3.47. The van der Waals surface area contributed by atoms with Gasteiger partial charge in [0.05, 0.1) is 0 Å². The molecule has 0 aliphatic carbocycles. The Hall–Kier alpha value is -1.05. The van der Waals surface area contributed by atoms with E-state index in [2.05, 4.69) is 53.2 Å². The molecule has 0 amide bonds. The van der Waals surface area contributed by atoms with Crippen LogP contribution in [0.2, 0.25) is 5.02 Å². The first kappa shape index (κ1) is 13.4. The van der Waals surface area contributed by atoms with Crippen molar-refractivity contribution in [2.24, 2.45) is 0 Å². The van der Waals surface area contributed by atoms with E-state index >= 15 is 0 Å². The van der Waals surface area contributed by atoms with Gasteiger partial charge in [-0.05, 0) is 23.3 Å². The van der Waals surface area contributed by atoms with Crippen molar-refractivity contribution in [2.75, 3.05) is 0 Å². The number of halogens is 2. The molecule has 2 aromatic rings. The van der Waals surface area contributed by atoms with Gasteiger partial charge in [-0.1, -0.05) is 83.0 Å². The Labute approximate surface area is 121 Å². The van der Waals surface area contributed by atoms with E-state index in [0.29, 0.717) is 5.92 Å². The summed E-state index contributed by atoms with van der Waals surface area (Å²) in [4.78, 5) is 0. The molecule has 0 aromatic heterocycles. The van der Waals surface area contributed by atoms with Crippen LogP contribution >= 0.6 is 27.5 Å². The van der Waals surface area contributed by atoms with E-state index in [0.717, 1.165) is 15.1 Å². The van der Waals surface area contributed by atoms with Gasteiger partial charge in [0.25, 0.3) is 0 Å². The van der Waals surface area contributed by atoms with Gasteiger partial charge in [0.2, 0.25) is 0 Å². The average molecular weight is 322 g/mol. The van der Waals surface area contributed by atoms with E-state index in [1.165, 1.54) is 5.56 Å². The molecule has 1 atom stereocenters. The van der Waals surface area contributed by atoms with Gasteiger partial charge in [-0.15, -0.1) is 0 Å². The zero-order chi connectivity index (χ0) is 13.0. The summed E-state index contributed by atoms with van der Waals surface area (Å²) < 4.78 is 1.09. The molecule has 0 spiro atoms. The van der Waals surface area contributed by atoms with Gasteiger partial charge in [-0.25, -0.2) is 0 Å². The summed E-state index contributed by atoms with van der Waals surface area (Å²) in [5.74, 6) is 0.372. The summed E-state index contributed by atoms with van der Waals surface area (Å²) in [6.07, 6.45) is 2.21. The van der Waals surface area contributed by atoms with Crippen LogP contribution in [0.15, 0.2) is 60.7 Å². The predicted octanol–water partition coefficient (Wildman–Crippen LogP) is 5.88. The molecule has 1 unspecified atom stereocenters. The molecule has 2 aromatic carbocycles. The molecule has 0 saturated carbocycles. The zero-order valence-electron chi connectivity index (χ0n) is 10.1. The lowest BCUT2D eigenvalue weighted by Crippen LogP contribution is -1.89. The second-order valence-corrected chi connectivity index (χ2v) is 5.51. The Morgan fingerprint density at radius 3 is 2.28 bits per heavy atom. The summed E-state index contributed by atoms with van der Waals surface area (Å²) in [5.41, 5.74) is 2.45. The maximum Gasteiger partial charge on any atom is 0.0406 e. The Bertz CT molecular complexity index is 529. The highest BCUT2D eigenvalue weighted by atomic mass is 79.9. The number of rotatable bonds is 3. The second-order valence-electron chi connectivity index (χ2n) is 4.22. The lowest BCUT2D eigenvalue weighted by molar-refractivity contribution is 0.972. The van der Waals surface area contributed by atoms with Crippen molar-refractivity contribution in [2.45, 2.75) is 12.8 Å². The van der Waals surface area contributed by atoms with Gasteiger partial charge in [0.1, 0.15) is 0 Å². The molecule has 0 saturated heterocycles. The Kier molecular flexibility index (Phi) is 4.62. The maximum atomic E-state index is 5.88. The number of allylic oxidation sites excluding steroid dienone is 1. The van der Waals surface area contributed by atoms with Gasteiger partial charge in [-0.3, -0.25) is 0 Å². The number of hydrogen-bond donors (Lipinski definition) is 0. The molecular formula is C16H14BrCl. The first-order valence-corrected chi connectivity index (χ1v) is 7.02. The summed E-state index contributed by atoms with van der Waals surface area (Å²) >= 11 is 9.51. The van der Waals surface area contributed by atoms with Gasteiger partial charge in [-0.2, -0.15) is 0 Å². The molecule has 0 bridgehead atoms. The highest BCUT2D eigenvalue weighted by molar-refractivity contribution is 9.15. The maximum absolute atomic E-state index is 5.88. The molecular weight excluding hydrogens is 308 g/mol. The van der Waals surface area contributed by atoms with Gasteiger partial charge in [0, 0.05) is 15.4 Å². The lowest BCUT2D eigenvalue weighted by atomic mass is 10.00. The fourth-order valence-corrected chi connectivity index (χ4v) is 2.56. The largest absolute Gasteiger partial charge is 0.0843 e. The normalized spacial score (nSPS) is 13.4. The molecule has 92 valence electrons. The number of benzene rings is 2. The molecule has 0 aliphatic heterocycles. The van der Waals surface area contributed by atoms with Crippen LogP contribution in [-0.2, 0) is 0 Å². The molecule has 2 heteroatoms. The SMILES string of the molecule is CC(/C=C(\Br)c1ccc(Cl)cc1)c1ccccc1. The number of hydrogen-bond acceptors (Lipinski definition) is 0. The smallest absolute Gasteiger partial charge is 0.0406 e. The van der Waals surface area contributed by atoms with E-state index in [4.69, 9.17) is 11.6 Å². The van der Waals surface area contributed by atoms with Crippen molar-refractivity contribution in [1.82, 2.24) is 0 Å². The van der Waals surface area contributed by atoms with Gasteiger partial charge in [0.15, 0.2) is 0 Å². The Morgan fingerprint density at radius 2 is 1.67 bits per heavy atom. The fraction of sp³-hybridized carbons (Fsp3) is 0.125. The highest BCUT2D eigenvalue weighted by Gasteiger charge is 2.04. The lowest BCUT2D eigenvalue weighted by Gasteiger charge is -2.08. The third-order valence-corrected chi connectivity index (χ3v) is 3.82. The van der Waals surface area contributed by atoms with Crippen LogP contribution in [-0.4, -0.2) is 0 Å². The second kappa shape index (κ2) is 6.21. The molecule has 2 rings (SSSR count). The quantitative estimate of drug-likeness (QED) is 0.662. The van der Waals surface area contributed by atoms with Crippen molar-refractivity contribution in [3.8, 4) is 0 Å². The summed E-state index contributed by atoms with van der Waals surface area (Å²) in [6, 6.07) is 18.3. The molecule has 0 nitrogen and oxygen atoms in total. The highest BCUT2D eigenvalue weighted by Crippen LogP contribution is 2.27. The topological polar surface area (TPSA) is 0 Å². The van der Waals surface area contributed by atoms with Crippen LogP contribution in [0.3, 0.4) is 0 Å². The van der Waals surface area contributed by atoms with Crippen molar-refractivity contribution < 1.29 is 0 Å². The molecule has 0 heterocycles. The van der Waals surface area contributed by atoms with Crippen LogP contribution < -0.4 is 0 Å². The Balaban J connectivity index is 2.20. The van der Waals surface area contributed by atoms with E-state index in [1.807, 2.05) is 30.3 Å². The minimum Gasteiger partial charge on any atom is -0.0843 e. The van der Waals surface area contributed by atoms with Crippen LogP contribution in [0.4, 0.5) is 0 Å². The minimum atomic E-state index is 0.372. The van der Waals surface area contributed by atoms with Gasteiger partial charge >= 0.3 is 0 Å². The summed E-state index contributed by atoms with van der Waals surface area (Å²) in [6.45, 7) is 2.19. The van der Waals surface area contributed by atoms with E-state index in [-0.39, 0.29) is 0 Å². The minimum absolute atomic E-state index is 0.372. The van der Waals surface area contributed by atoms with Gasteiger partial charge < -0.3 is 0 Å². The average Bonchev–Trinajstić information content (AvgIpc) is 2.40. The van der Waals surface area contributed by atoms with Crippen molar-refractivity contribution in [3.05, 3.63) is 76.8 Å². The molecule has 0 aliphatic rings. The van der Waals surface area contributed by atoms with Crippen molar-refractivity contribution in [3.63, 3.8) is 0 Å². The van der Waals surface area contributed by atoms with E-state index in [9.17, 15) is 0 Å². The van der Waals surface area contributed by atoms with Crippen LogP contribution in [0, 0.1) is 0 Å². The molecule has 0 N–H and O–H groups in total. The zero-order valence-corrected chi connectivity index (χ0v) is 12.4. The first-order chi connectivity index (χ1) is 8.66. The molecule has 0 fully saturated rings. The molecule has 0 radical (unpaired) electrons. The first-order valence-electron chi connectivity index (χ1n) is 5.85. The monoisotopic (exact) mass is 320 g/mol. The van der Waals surface area contributed by atoms with E-state index < -0.39 is 0 Å². The summed E-state index contributed by atoms with van der Waals surface area (Å²) in [7, 11) is 0.